The molecule has 0 saturated carbocycles. The van der Waals surface area contributed by atoms with Crippen molar-refractivity contribution >= 4 is 5.91 Å². The first kappa shape index (κ1) is 16.3. The number of methoxy groups -OCH3 is 1. The van der Waals surface area contributed by atoms with Crippen molar-refractivity contribution in [2.45, 2.75) is 12.0 Å². The molecule has 1 aliphatic rings. The first-order valence-electron chi connectivity index (χ1n) is 8.02. The molecule has 0 aromatic heterocycles. The van der Waals surface area contributed by atoms with Gasteiger partial charge in [-0.15, -0.1) is 0 Å². The van der Waals surface area contributed by atoms with E-state index in [0.29, 0.717) is 24.6 Å². The van der Waals surface area contributed by atoms with E-state index in [-0.39, 0.29) is 24.5 Å². The molecular weight excluding hydrogens is 304 g/mol. The van der Waals surface area contributed by atoms with Crippen LogP contribution in [0.1, 0.15) is 11.5 Å². The summed E-state index contributed by atoms with van der Waals surface area (Å²) >= 11 is 0. The highest BCUT2D eigenvalue weighted by Crippen LogP contribution is 2.26. The van der Waals surface area contributed by atoms with E-state index in [9.17, 15) is 4.79 Å². The number of rotatable bonds is 5. The molecule has 2 aromatic carbocycles. The predicted molar refractivity (Wildman–Crippen MR) is 92.2 cm³/mol. The van der Waals surface area contributed by atoms with Crippen molar-refractivity contribution in [1.82, 2.24) is 4.90 Å². The molecule has 0 unspecified atom stereocenters. The Bertz CT molecular complexity index is 690. The van der Waals surface area contributed by atoms with Crippen LogP contribution in [-0.2, 0) is 4.79 Å². The van der Waals surface area contributed by atoms with Crippen LogP contribution in [0.25, 0.3) is 0 Å². The van der Waals surface area contributed by atoms with Crippen LogP contribution < -0.4 is 15.2 Å². The molecule has 2 aromatic rings. The van der Waals surface area contributed by atoms with E-state index in [2.05, 4.69) is 12.1 Å². The van der Waals surface area contributed by atoms with E-state index in [4.69, 9.17) is 15.2 Å². The number of nitrogens with zero attached hydrogens (tertiary/aromatic N) is 1. The Morgan fingerprint density at radius 1 is 1.12 bits per heavy atom. The van der Waals surface area contributed by atoms with Crippen molar-refractivity contribution in [2.24, 2.45) is 5.73 Å². The Labute approximate surface area is 142 Å². The van der Waals surface area contributed by atoms with Gasteiger partial charge in [0.15, 0.2) is 6.61 Å². The number of likely N-dealkylation sites (tertiary alicyclic amines) is 1. The normalized spacial score (nSPS) is 20.0. The Morgan fingerprint density at radius 2 is 1.88 bits per heavy atom. The van der Waals surface area contributed by atoms with E-state index in [0.717, 1.165) is 0 Å². The third kappa shape index (κ3) is 3.68. The molecule has 1 saturated heterocycles. The number of nitrogens with two attached hydrogens (primary N) is 1. The third-order valence-corrected chi connectivity index (χ3v) is 4.35. The Morgan fingerprint density at radius 3 is 2.62 bits per heavy atom. The Kier molecular flexibility index (Phi) is 5.01. The molecule has 0 radical (unpaired) electrons. The van der Waals surface area contributed by atoms with E-state index < -0.39 is 0 Å². The molecule has 126 valence electrons. The summed E-state index contributed by atoms with van der Waals surface area (Å²) in [7, 11) is 1.60. The number of benzene rings is 2. The second kappa shape index (κ2) is 7.36. The van der Waals surface area contributed by atoms with Crippen molar-refractivity contribution in [2.75, 3.05) is 26.8 Å². The SMILES string of the molecule is COc1cccc(OCC(=O)N2C[C@@H](N)[C@H](c3ccccc3)C2)c1. The van der Waals surface area contributed by atoms with Crippen molar-refractivity contribution in [1.29, 1.82) is 0 Å². The average molecular weight is 326 g/mol. The monoisotopic (exact) mass is 326 g/mol. The lowest BCUT2D eigenvalue weighted by atomic mass is 9.95. The number of ether oxygens (including phenoxy) is 2. The number of carbonyl (C=O) groups excluding carboxylic acids is 1. The number of carbonyl (C=O) groups is 1. The average Bonchev–Trinajstić information content (AvgIpc) is 3.02. The topological polar surface area (TPSA) is 64.8 Å². The number of hydrogen-bond acceptors (Lipinski definition) is 4. The largest absolute Gasteiger partial charge is 0.497 e. The minimum absolute atomic E-state index is 0.00139. The van der Waals surface area contributed by atoms with Gasteiger partial charge >= 0.3 is 0 Å². The zero-order valence-electron chi connectivity index (χ0n) is 13.7. The minimum atomic E-state index is -0.0494. The van der Waals surface area contributed by atoms with Crippen LogP contribution in [0, 0.1) is 0 Å². The minimum Gasteiger partial charge on any atom is -0.497 e. The van der Waals surface area contributed by atoms with Crippen LogP contribution in [0.4, 0.5) is 0 Å². The Hall–Kier alpha value is -2.53. The fourth-order valence-electron chi connectivity index (χ4n) is 3.01. The zero-order chi connectivity index (χ0) is 16.9. The fourth-order valence-corrected chi connectivity index (χ4v) is 3.01. The maximum Gasteiger partial charge on any atom is 0.260 e. The lowest BCUT2D eigenvalue weighted by molar-refractivity contribution is -0.132. The summed E-state index contributed by atoms with van der Waals surface area (Å²) in [6, 6.07) is 17.3. The lowest BCUT2D eigenvalue weighted by Gasteiger charge is -2.17. The summed E-state index contributed by atoms with van der Waals surface area (Å²) in [6.07, 6.45) is 0. The molecule has 1 amide bonds. The second-order valence-electron chi connectivity index (χ2n) is 5.95. The Balaban J connectivity index is 1.58. The molecule has 3 rings (SSSR count). The van der Waals surface area contributed by atoms with Gasteiger partial charge in [-0.05, 0) is 17.7 Å². The highest BCUT2D eigenvalue weighted by Gasteiger charge is 2.33. The summed E-state index contributed by atoms with van der Waals surface area (Å²) in [4.78, 5) is 14.2. The number of hydrogen-bond donors (Lipinski definition) is 1. The van der Waals surface area contributed by atoms with Gasteiger partial charge < -0.3 is 20.1 Å². The highest BCUT2D eigenvalue weighted by atomic mass is 16.5. The molecule has 1 heterocycles. The molecule has 0 bridgehead atoms. The van der Waals surface area contributed by atoms with Crippen molar-refractivity contribution in [3.8, 4) is 11.5 Å². The van der Waals surface area contributed by atoms with Gasteiger partial charge in [-0.25, -0.2) is 0 Å². The van der Waals surface area contributed by atoms with Crippen LogP contribution in [0.3, 0.4) is 0 Å². The number of amides is 1. The van der Waals surface area contributed by atoms with E-state index in [1.165, 1.54) is 5.56 Å². The molecule has 0 aliphatic carbocycles. The van der Waals surface area contributed by atoms with Gasteiger partial charge in [0.1, 0.15) is 11.5 Å². The van der Waals surface area contributed by atoms with Crippen LogP contribution in [0.15, 0.2) is 54.6 Å². The highest BCUT2D eigenvalue weighted by molar-refractivity contribution is 5.78. The molecule has 1 aliphatic heterocycles. The summed E-state index contributed by atoms with van der Waals surface area (Å²) in [5.74, 6) is 1.44. The smallest absolute Gasteiger partial charge is 0.260 e. The third-order valence-electron chi connectivity index (χ3n) is 4.35. The van der Waals surface area contributed by atoms with Crippen molar-refractivity contribution in [3.05, 3.63) is 60.2 Å². The lowest BCUT2D eigenvalue weighted by Crippen LogP contribution is -2.35. The van der Waals surface area contributed by atoms with Gasteiger partial charge in [-0.3, -0.25) is 4.79 Å². The van der Waals surface area contributed by atoms with Gasteiger partial charge in [0, 0.05) is 31.1 Å². The standard InChI is InChI=1S/C19H22N2O3/c1-23-15-8-5-9-16(10-15)24-13-19(22)21-11-17(18(20)12-21)14-6-3-2-4-7-14/h2-10,17-18H,11-13,20H2,1H3/t17-,18+/m0/s1. The van der Waals surface area contributed by atoms with Gasteiger partial charge in [0.2, 0.25) is 0 Å². The molecule has 2 N–H and O–H groups in total. The zero-order valence-corrected chi connectivity index (χ0v) is 13.7. The fraction of sp³-hybridized carbons (Fsp3) is 0.316. The molecule has 2 atom stereocenters. The van der Waals surface area contributed by atoms with Gasteiger partial charge in [-0.2, -0.15) is 0 Å². The van der Waals surface area contributed by atoms with Crippen molar-refractivity contribution in [3.63, 3.8) is 0 Å². The second-order valence-corrected chi connectivity index (χ2v) is 5.95. The first-order chi connectivity index (χ1) is 11.7. The predicted octanol–water partition coefficient (Wildman–Crippen LogP) is 2.03. The maximum absolute atomic E-state index is 12.4. The summed E-state index contributed by atoms with van der Waals surface area (Å²) in [5.41, 5.74) is 7.41. The maximum atomic E-state index is 12.4. The summed E-state index contributed by atoms with van der Waals surface area (Å²) in [5, 5.41) is 0. The van der Waals surface area contributed by atoms with Gasteiger partial charge in [0.05, 0.1) is 7.11 Å². The van der Waals surface area contributed by atoms with Crippen LogP contribution in [0.5, 0.6) is 11.5 Å². The quantitative estimate of drug-likeness (QED) is 0.913. The van der Waals surface area contributed by atoms with E-state index >= 15 is 0 Å². The molecule has 1 fully saturated rings. The van der Waals surface area contributed by atoms with E-state index in [1.807, 2.05) is 30.3 Å². The molecule has 5 nitrogen and oxygen atoms in total. The summed E-state index contributed by atoms with van der Waals surface area (Å²) < 4.78 is 10.7. The van der Waals surface area contributed by atoms with Crippen LogP contribution >= 0.6 is 0 Å². The van der Waals surface area contributed by atoms with Crippen LogP contribution in [0.2, 0.25) is 0 Å². The van der Waals surface area contributed by atoms with Crippen LogP contribution in [-0.4, -0.2) is 43.7 Å². The van der Waals surface area contributed by atoms with Crippen molar-refractivity contribution < 1.29 is 14.3 Å². The molecule has 24 heavy (non-hydrogen) atoms. The molecule has 0 spiro atoms. The first-order valence-corrected chi connectivity index (χ1v) is 8.02. The van der Waals surface area contributed by atoms with Gasteiger partial charge in [-0.1, -0.05) is 36.4 Å². The molecular formula is C19H22N2O3. The summed E-state index contributed by atoms with van der Waals surface area (Å²) in [6.45, 7) is 1.19. The molecule has 5 heteroatoms. The van der Waals surface area contributed by atoms with E-state index in [1.54, 1.807) is 24.1 Å². The van der Waals surface area contributed by atoms with Gasteiger partial charge in [0.25, 0.3) is 5.91 Å².